The average Bonchev–Trinajstić information content (AvgIpc) is 2.34. The second kappa shape index (κ2) is 7.22. The Morgan fingerprint density at radius 1 is 1.21 bits per heavy atom. The minimum atomic E-state index is -0.0287. The molecule has 1 rings (SSSR count). The second-order valence-corrected chi connectivity index (χ2v) is 5.30. The summed E-state index contributed by atoms with van der Waals surface area (Å²) in [5.74, 6) is 0.194. The van der Waals surface area contributed by atoms with Gasteiger partial charge in [0.2, 0.25) is 0 Å². The maximum absolute atomic E-state index is 11.8. The number of Topliss-reactive ketones (excluding diaryl/α,β-unsaturated/α-hetero) is 1. The highest BCUT2D eigenvalue weighted by Crippen LogP contribution is 2.25. The van der Waals surface area contributed by atoms with Gasteiger partial charge in [-0.1, -0.05) is 38.0 Å². The van der Waals surface area contributed by atoms with Gasteiger partial charge in [-0.15, -0.1) is 0 Å². The van der Waals surface area contributed by atoms with Gasteiger partial charge < -0.3 is 0 Å². The van der Waals surface area contributed by atoms with E-state index in [9.17, 15) is 4.79 Å². The zero-order valence-electron chi connectivity index (χ0n) is 12.8. The van der Waals surface area contributed by atoms with Gasteiger partial charge in [0.05, 0.1) is 11.6 Å². The Labute approximate surface area is 117 Å². The smallest absolute Gasteiger partial charge is 0.138 e. The molecule has 0 heterocycles. The highest BCUT2D eigenvalue weighted by molar-refractivity contribution is 6.04. The van der Waals surface area contributed by atoms with E-state index in [1.54, 1.807) is 6.92 Å². The van der Waals surface area contributed by atoms with E-state index in [0.717, 1.165) is 41.8 Å². The number of hydrogen-bond donors (Lipinski definition) is 0. The molecule has 19 heavy (non-hydrogen) atoms. The fourth-order valence-electron chi connectivity index (χ4n) is 2.35. The number of rotatable bonds is 6. The van der Waals surface area contributed by atoms with Crippen LogP contribution in [0.1, 0.15) is 51.2 Å². The molecule has 104 valence electrons. The summed E-state index contributed by atoms with van der Waals surface area (Å²) in [6, 6.07) is 6.17. The van der Waals surface area contributed by atoms with Crippen LogP contribution in [-0.2, 0) is 4.79 Å². The van der Waals surface area contributed by atoms with Gasteiger partial charge in [0.25, 0.3) is 0 Å². The maximum Gasteiger partial charge on any atom is 0.138 e. The van der Waals surface area contributed by atoms with Crippen molar-refractivity contribution in [2.24, 2.45) is 10.9 Å². The van der Waals surface area contributed by atoms with E-state index < -0.39 is 0 Å². The van der Waals surface area contributed by atoms with Crippen molar-refractivity contribution >= 4 is 17.2 Å². The van der Waals surface area contributed by atoms with Gasteiger partial charge in [0.15, 0.2) is 0 Å². The van der Waals surface area contributed by atoms with Crippen LogP contribution in [0.25, 0.3) is 0 Å². The molecule has 2 nitrogen and oxygen atoms in total. The van der Waals surface area contributed by atoms with E-state index >= 15 is 0 Å². The summed E-state index contributed by atoms with van der Waals surface area (Å²) >= 11 is 0. The Balaban J connectivity index is 3.04. The summed E-state index contributed by atoms with van der Waals surface area (Å²) < 4.78 is 0. The van der Waals surface area contributed by atoms with Crippen LogP contribution in [0.15, 0.2) is 23.2 Å². The third-order valence-electron chi connectivity index (χ3n) is 3.57. The molecule has 2 heteroatoms. The summed E-state index contributed by atoms with van der Waals surface area (Å²) in [6.45, 7) is 9.93. The van der Waals surface area contributed by atoms with Crippen molar-refractivity contribution in [3.63, 3.8) is 0 Å². The molecule has 0 saturated carbocycles. The molecule has 0 radical (unpaired) electrons. The zero-order valence-corrected chi connectivity index (χ0v) is 12.8. The van der Waals surface area contributed by atoms with E-state index in [1.165, 1.54) is 0 Å². The Bertz CT molecular complexity index is 454. The van der Waals surface area contributed by atoms with Crippen molar-refractivity contribution in [2.45, 2.75) is 53.9 Å². The van der Waals surface area contributed by atoms with E-state index in [-0.39, 0.29) is 11.7 Å². The van der Waals surface area contributed by atoms with Gasteiger partial charge in [-0.25, -0.2) is 0 Å². The van der Waals surface area contributed by atoms with Crippen molar-refractivity contribution in [3.8, 4) is 0 Å². The third kappa shape index (κ3) is 4.30. The number of benzene rings is 1. The lowest BCUT2D eigenvalue weighted by Gasteiger charge is -2.14. The molecule has 1 aromatic carbocycles. The first-order chi connectivity index (χ1) is 8.97. The normalized spacial score (nSPS) is 13.4. The van der Waals surface area contributed by atoms with Crippen LogP contribution >= 0.6 is 0 Å². The molecule has 0 bridgehead atoms. The van der Waals surface area contributed by atoms with Crippen LogP contribution in [0, 0.1) is 19.8 Å². The highest BCUT2D eigenvalue weighted by Gasteiger charge is 2.17. The quantitative estimate of drug-likeness (QED) is 0.675. The largest absolute Gasteiger partial charge is 0.299 e. The molecule has 0 aliphatic carbocycles. The molecule has 1 aromatic rings. The lowest BCUT2D eigenvalue weighted by molar-refractivity contribution is -0.119. The first-order valence-corrected chi connectivity index (χ1v) is 7.09. The molecule has 0 aliphatic heterocycles. The summed E-state index contributed by atoms with van der Waals surface area (Å²) in [6.07, 6.45) is 3.09. The van der Waals surface area contributed by atoms with Crippen LogP contribution in [-0.4, -0.2) is 11.5 Å². The summed E-state index contributed by atoms with van der Waals surface area (Å²) in [5.41, 5.74) is 4.29. The number of hydrogen-bond acceptors (Lipinski definition) is 2. The highest BCUT2D eigenvalue weighted by atomic mass is 16.1. The molecule has 1 unspecified atom stereocenters. The molecular weight excluding hydrogens is 234 g/mol. The summed E-state index contributed by atoms with van der Waals surface area (Å²) in [4.78, 5) is 16.5. The lowest BCUT2D eigenvalue weighted by atomic mass is 9.93. The predicted molar refractivity (Wildman–Crippen MR) is 82.4 cm³/mol. The topological polar surface area (TPSA) is 29.4 Å². The van der Waals surface area contributed by atoms with Crippen LogP contribution in [0.3, 0.4) is 0 Å². The van der Waals surface area contributed by atoms with Crippen molar-refractivity contribution in [1.82, 2.24) is 0 Å². The molecule has 0 amide bonds. The Morgan fingerprint density at radius 3 is 2.26 bits per heavy atom. The van der Waals surface area contributed by atoms with Crippen molar-refractivity contribution < 1.29 is 4.79 Å². The van der Waals surface area contributed by atoms with Crippen LogP contribution < -0.4 is 0 Å². The lowest BCUT2D eigenvalue weighted by Crippen LogP contribution is -2.19. The minimum absolute atomic E-state index is 0.0287. The molecule has 0 saturated heterocycles. The Hall–Kier alpha value is -1.44. The molecule has 0 aliphatic rings. The number of ketones is 1. The van der Waals surface area contributed by atoms with Gasteiger partial charge >= 0.3 is 0 Å². The van der Waals surface area contributed by atoms with Crippen molar-refractivity contribution in [3.05, 3.63) is 29.3 Å². The Kier molecular flexibility index (Phi) is 5.94. The van der Waals surface area contributed by atoms with E-state index in [2.05, 4.69) is 32.9 Å². The number of carbonyl (C=O) groups is 1. The number of carbonyl (C=O) groups excluding carboxylic acids is 1. The van der Waals surface area contributed by atoms with Crippen molar-refractivity contribution in [1.29, 1.82) is 0 Å². The second-order valence-electron chi connectivity index (χ2n) is 5.30. The fourth-order valence-corrected chi connectivity index (χ4v) is 2.35. The van der Waals surface area contributed by atoms with Gasteiger partial charge in [0.1, 0.15) is 5.78 Å². The third-order valence-corrected chi connectivity index (χ3v) is 3.57. The molecule has 0 N–H and O–H groups in total. The van der Waals surface area contributed by atoms with Crippen LogP contribution in [0.4, 0.5) is 5.69 Å². The number of unbranched alkanes of at least 4 members (excludes halogenated alkanes) is 1. The molecule has 0 aromatic heterocycles. The first kappa shape index (κ1) is 15.6. The van der Waals surface area contributed by atoms with Gasteiger partial charge in [-0.2, -0.15) is 0 Å². The number of aryl methyl sites for hydroxylation is 2. The fraction of sp³-hybridized carbons (Fsp3) is 0.529. The van der Waals surface area contributed by atoms with E-state index in [4.69, 9.17) is 4.99 Å². The van der Waals surface area contributed by atoms with E-state index in [0.29, 0.717) is 0 Å². The van der Waals surface area contributed by atoms with E-state index in [1.807, 2.05) is 13.0 Å². The predicted octanol–water partition coefficient (Wildman–Crippen LogP) is 4.79. The molecule has 1 atom stereocenters. The first-order valence-electron chi connectivity index (χ1n) is 7.09. The molecular formula is C17H25NO. The van der Waals surface area contributed by atoms with Crippen LogP contribution in [0.2, 0.25) is 0 Å². The maximum atomic E-state index is 11.8. The monoisotopic (exact) mass is 259 g/mol. The van der Waals surface area contributed by atoms with Crippen molar-refractivity contribution in [2.75, 3.05) is 0 Å². The Morgan fingerprint density at radius 2 is 1.79 bits per heavy atom. The SMILES string of the molecule is CCCCC(C(C)=O)C(C)=Nc1c(C)cccc1C. The van der Waals surface area contributed by atoms with Gasteiger partial charge in [-0.05, 0) is 45.2 Å². The number of para-hydroxylation sites is 1. The summed E-state index contributed by atoms with van der Waals surface area (Å²) in [7, 11) is 0. The summed E-state index contributed by atoms with van der Waals surface area (Å²) in [5, 5.41) is 0. The van der Waals surface area contributed by atoms with Crippen LogP contribution in [0.5, 0.6) is 0 Å². The minimum Gasteiger partial charge on any atom is -0.299 e. The standard InChI is InChI=1S/C17H25NO/c1-6-7-11-16(15(5)19)14(4)18-17-12(2)9-8-10-13(17)3/h8-10,16H,6-7,11H2,1-5H3. The average molecular weight is 259 g/mol. The van der Waals surface area contributed by atoms with Gasteiger partial charge in [-0.3, -0.25) is 9.79 Å². The van der Waals surface area contributed by atoms with Gasteiger partial charge in [0, 0.05) is 5.71 Å². The zero-order chi connectivity index (χ0) is 14.4. The number of aliphatic imine (C=N–C) groups is 1. The molecule has 0 spiro atoms. The molecule has 0 fully saturated rings. The number of nitrogens with zero attached hydrogens (tertiary/aromatic N) is 1.